The van der Waals surface area contributed by atoms with Gasteiger partial charge < -0.3 is 10.6 Å². The Labute approximate surface area is 176 Å². The second-order valence-electron chi connectivity index (χ2n) is 7.63. The van der Waals surface area contributed by atoms with Crippen LogP contribution in [0.3, 0.4) is 0 Å². The van der Waals surface area contributed by atoms with E-state index in [1.54, 1.807) is 0 Å². The number of hydrogen-bond donors (Lipinski definition) is 0. The van der Waals surface area contributed by atoms with Crippen molar-refractivity contribution in [3.63, 3.8) is 0 Å². The second-order valence-corrected chi connectivity index (χ2v) is 26.1. The van der Waals surface area contributed by atoms with E-state index in [2.05, 4.69) is 54.0 Å². The number of hydrogen-bond acceptors (Lipinski definition) is 0. The molecule has 2 nitrogen and oxygen atoms in total. The van der Waals surface area contributed by atoms with Gasteiger partial charge in [0, 0.05) is 0 Å². The van der Waals surface area contributed by atoms with Crippen LogP contribution in [0.1, 0.15) is 63.0 Å². The van der Waals surface area contributed by atoms with E-state index in [0.717, 1.165) is 28.4 Å². The fraction of sp³-hybridized carbons (Fsp3) is 0.545. The van der Waals surface area contributed by atoms with Crippen molar-refractivity contribution in [2.45, 2.75) is 60.2 Å². The summed E-state index contributed by atoms with van der Waals surface area (Å²) in [5.41, 5.74) is 4.51. The normalized spacial score (nSPS) is 18.5. The Morgan fingerprint density at radius 2 is 1.48 bits per heavy atom. The minimum absolute atomic E-state index is 0.762. The molecule has 5 heteroatoms. The summed E-state index contributed by atoms with van der Waals surface area (Å²) in [6, 6.07) is 4.22. The molecule has 0 bridgehead atoms. The summed E-state index contributed by atoms with van der Waals surface area (Å²) in [6.07, 6.45) is 17.7. The molecule has 27 heavy (non-hydrogen) atoms. The van der Waals surface area contributed by atoms with Gasteiger partial charge in [0.15, 0.2) is 0 Å². The van der Waals surface area contributed by atoms with Gasteiger partial charge in [0.05, 0.1) is 0 Å². The molecule has 1 aromatic rings. The molecule has 4 rings (SSSR count). The number of unbranched alkanes of at least 4 members (excludes halogenated alkanes) is 1. The SMILES string of the molecule is C1=Cc2ccc3c(c2[N-]C1)[N-]CC=C3.CCC[CH2][Sn]([Cl])([Cl])[CH]1CCCCC1. The predicted octanol–water partition coefficient (Wildman–Crippen LogP) is 8.79. The second kappa shape index (κ2) is 10.5. The molecule has 0 amide bonds. The van der Waals surface area contributed by atoms with Crippen molar-refractivity contribution >= 4 is 57.5 Å². The van der Waals surface area contributed by atoms with Crippen LogP contribution in [0.5, 0.6) is 0 Å². The number of nitrogens with zero attached hydrogens (tertiary/aromatic N) is 2. The molecule has 1 aromatic carbocycles. The first kappa shape index (κ1) is 21.4. The van der Waals surface area contributed by atoms with Gasteiger partial charge in [-0.2, -0.15) is 0 Å². The first-order chi connectivity index (χ1) is 13.1. The van der Waals surface area contributed by atoms with Gasteiger partial charge >= 0.3 is 94.2 Å². The molecule has 0 atom stereocenters. The summed E-state index contributed by atoms with van der Waals surface area (Å²) in [7, 11) is 13.1. The van der Waals surface area contributed by atoms with Crippen LogP contribution in [-0.4, -0.2) is 29.2 Å². The van der Waals surface area contributed by atoms with Gasteiger partial charge in [0.25, 0.3) is 0 Å². The molecule has 0 saturated heterocycles. The first-order valence-electron chi connectivity index (χ1n) is 10.3. The summed E-state index contributed by atoms with van der Waals surface area (Å²) in [5.74, 6) is 0. The Hall–Kier alpha value is -0.321. The van der Waals surface area contributed by atoms with E-state index in [1.807, 2.05) is 0 Å². The van der Waals surface area contributed by atoms with Crippen LogP contribution in [0.2, 0.25) is 8.37 Å². The third-order valence-electron chi connectivity index (χ3n) is 5.58. The predicted molar refractivity (Wildman–Crippen MR) is 124 cm³/mol. The van der Waals surface area contributed by atoms with Crippen molar-refractivity contribution in [2.24, 2.45) is 0 Å². The quantitative estimate of drug-likeness (QED) is 0.361. The van der Waals surface area contributed by atoms with Gasteiger partial charge in [0.2, 0.25) is 0 Å². The number of rotatable bonds is 4. The Bertz CT molecular complexity index is 638. The summed E-state index contributed by atoms with van der Waals surface area (Å²) in [5, 5.41) is 8.98. The van der Waals surface area contributed by atoms with Crippen LogP contribution in [0.15, 0.2) is 24.3 Å². The minimum atomic E-state index is -2.62. The summed E-state index contributed by atoms with van der Waals surface area (Å²) < 4.78 is 1.94. The van der Waals surface area contributed by atoms with Crippen LogP contribution in [0.25, 0.3) is 22.8 Å². The maximum atomic E-state index is 6.57. The van der Waals surface area contributed by atoms with Crippen LogP contribution in [-0.2, 0) is 0 Å². The molecule has 148 valence electrons. The van der Waals surface area contributed by atoms with Crippen molar-refractivity contribution in [1.29, 1.82) is 0 Å². The van der Waals surface area contributed by atoms with Gasteiger partial charge in [-0.15, -0.1) is 36.6 Å². The average molecular weight is 512 g/mol. The molecule has 2 heterocycles. The third-order valence-corrected chi connectivity index (χ3v) is 20.2. The Balaban J connectivity index is 0.000000157. The summed E-state index contributed by atoms with van der Waals surface area (Å²) >= 11 is -2.62. The molecular formula is C22H30Cl2N2Sn-2. The molecule has 2 aliphatic heterocycles. The van der Waals surface area contributed by atoms with E-state index in [4.69, 9.17) is 17.8 Å². The fourth-order valence-electron chi connectivity index (χ4n) is 4.00. The monoisotopic (exact) mass is 512 g/mol. The molecule has 1 saturated carbocycles. The van der Waals surface area contributed by atoms with Crippen molar-refractivity contribution < 1.29 is 0 Å². The van der Waals surface area contributed by atoms with E-state index in [9.17, 15) is 0 Å². The Kier molecular flexibility index (Phi) is 8.28. The van der Waals surface area contributed by atoms with Crippen molar-refractivity contribution in [3.8, 4) is 0 Å². The molecule has 3 aliphatic rings. The standard InChI is InChI=1S/C12H10N2.C6H11.C4H9.2ClH.Sn/c1-3-9-5-6-10-4-2-8-14-12(10)11(9)13-7-1;1-2-4-6-5-3-1;1-3-4-2;;;/h1-6H,7-8H2;1H,2-6H2;1,3-4H2,2H3;2*1H;/q-2;;;;;+2/p-2. The number of fused-ring (bicyclic) bond motifs is 3. The molecule has 1 aliphatic carbocycles. The topological polar surface area (TPSA) is 28.2 Å². The van der Waals surface area contributed by atoms with Crippen LogP contribution >= 0.6 is 17.8 Å². The molecule has 1 fully saturated rings. The molecule has 0 radical (unpaired) electrons. The molecule has 0 aromatic heterocycles. The molecule has 0 spiro atoms. The van der Waals surface area contributed by atoms with Crippen LogP contribution in [0, 0.1) is 0 Å². The van der Waals surface area contributed by atoms with Crippen molar-refractivity contribution in [2.75, 3.05) is 13.1 Å². The summed E-state index contributed by atoms with van der Waals surface area (Å²) in [4.78, 5) is 0. The van der Waals surface area contributed by atoms with Gasteiger partial charge in [0.1, 0.15) is 0 Å². The van der Waals surface area contributed by atoms with E-state index in [-0.39, 0.29) is 0 Å². The van der Waals surface area contributed by atoms with Gasteiger partial charge in [-0.1, -0.05) is 24.3 Å². The fourth-order valence-corrected chi connectivity index (χ4v) is 15.8. The zero-order chi connectivity index (χ0) is 19.1. The Morgan fingerprint density at radius 1 is 0.926 bits per heavy atom. The van der Waals surface area contributed by atoms with E-state index < -0.39 is 16.1 Å². The van der Waals surface area contributed by atoms with Gasteiger partial charge in [-0.25, -0.2) is 0 Å². The zero-order valence-electron chi connectivity index (χ0n) is 16.3. The third kappa shape index (κ3) is 5.83. The summed E-state index contributed by atoms with van der Waals surface area (Å²) in [6.45, 7) is 3.78. The van der Waals surface area contributed by atoms with Crippen molar-refractivity contribution in [1.82, 2.24) is 0 Å². The molecular weight excluding hydrogens is 482 g/mol. The zero-order valence-corrected chi connectivity index (χ0v) is 20.6. The average Bonchev–Trinajstić information content (AvgIpc) is 2.73. The Morgan fingerprint density at radius 3 is 2.00 bits per heavy atom. The van der Waals surface area contributed by atoms with E-state index in [1.165, 1.54) is 60.5 Å². The first-order valence-corrected chi connectivity index (χ1v) is 21.2. The molecule has 0 unspecified atom stereocenters. The van der Waals surface area contributed by atoms with Gasteiger partial charge in [-0.3, -0.25) is 0 Å². The maximum absolute atomic E-state index is 6.57. The molecule has 0 N–H and O–H groups in total. The van der Waals surface area contributed by atoms with Crippen LogP contribution in [0.4, 0.5) is 11.4 Å². The van der Waals surface area contributed by atoms with Crippen molar-refractivity contribution in [3.05, 3.63) is 46.0 Å². The van der Waals surface area contributed by atoms with E-state index in [0.29, 0.717) is 0 Å². The van der Waals surface area contributed by atoms with Gasteiger partial charge in [-0.05, 0) is 11.1 Å². The van der Waals surface area contributed by atoms with Crippen LogP contribution < -0.4 is 0 Å². The van der Waals surface area contributed by atoms with E-state index >= 15 is 0 Å². The number of benzene rings is 1. The number of halogens is 2.